The summed E-state index contributed by atoms with van der Waals surface area (Å²) < 4.78 is 7.85. The van der Waals surface area contributed by atoms with Crippen LogP contribution in [0.3, 0.4) is 0 Å². The van der Waals surface area contributed by atoms with Crippen molar-refractivity contribution in [2.75, 3.05) is 0 Å². The molecule has 0 aliphatic rings. The van der Waals surface area contributed by atoms with Gasteiger partial charge >= 0.3 is 302 Å². The van der Waals surface area contributed by atoms with Gasteiger partial charge in [0.2, 0.25) is 0 Å². The molecule has 0 amide bonds. The Labute approximate surface area is 301 Å². The van der Waals surface area contributed by atoms with Gasteiger partial charge in [-0.15, -0.1) is 0 Å². The first-order valence-electron chi connectivity index (χ1n) is 17.5. The topological polar surface area (TPSA) is 49.7 Å². The number of phenols is 2. The van der Waals surface area contributed by atoms with E-state index in [1.165, 1.54) is 22.3 Å². The maximum absolute atomic E-state index is 10.1. The van der Waals surface area contributed by atoms with E-state index in [-0.39, 0.29) is 17.4 Å². The number of phenolic OH excluding ortho intramolecular Hbond substituents is 2. The van der Waals surface area contributed by atoms with Crippen LogP contribution in [-0.4, -0.2) is 10.2 Å². The maximum atomic E-state index is 10.1. The van der Waals surface area contributed by atoms with Crippen LogP contribution >= 0.6 is 6.83 Å². The van der Waals surface area contributed by atoms with E-state index in [9.17, 15) is 10.2 Å². The van der Waals surface area contributed by atoms with E-state index in [2.05, 4.69) is 146 Å². The van der Waals surface area contributed by atoms with E-state index < -0.39 is 6.83 Å². The molecule has 0 aliphatic carbocycles. The van der Waals surface area contributed by atoms with Gasteiger partial charge in [-0.2, -0.15) is 0 Å². The zero-order chi connectivity index (χ0) is 35.0. The molecule has 0 atom stereocenters. The molecule has 0 saturated heterocycles. The quantitative estimate of drug-likeness (QED) is 0.0938. The van der Waals surface area contributed by atoms with Crippen LogP contribution < -0.4 is 4.52 Å². The molecule has 0 radical (unpaired) electrons. The molecular formula is C47H43O3P. The Balaban J connectivity index is 1.38. The summed E-state index contributed by atoms with van der Waals surface area (Å²) in [6.07, 6.45) is 3.26. The third-order valence-electron chi connectivity index (χ3n) is 9.73. The van der Waals surface area contributed by atoms with Crippen LogP contribution in [0.2, 0.25) is 0 Å². The van der Waals surface area contributed by atoms with E-state index in [1.54, 1.807) is 24.3 Å². The summed E-state index contributed by atoms with van der Waals surface area (Å²) in [7, 11) is 0. The Morgan fingerprint density at radius 1 is 0.353 bits per heavy atom. The molecule has 0 saturated carbocycles. The molecule has 51 heavy (non-hydrogen) atoms. The number of benzene rings is 7. The molecule has 254 valence electrons. The number of aromatic hydroxyl groups is 2. The Kier molecular flexibility index (Phi) is 10.0. The SMILES string of the molecule is Oc1ccc(C(c2ccc(O)cc2)c2ccc(OP(Cc3ccccc3)(Cc3ccccc3)(Cc3ccccc3)Cc3ccccc3)cc2)cc1. The fourth-order valence-electron chi connectivity index (χ4n) is 7.58. The molecule has 2 N–H and O–H groups in total. The molecule has 0 aromatic heterocycles. The fourth-order valence-corrected chi connectivity index (χ4v) is 13.8. The molecule has 0 heterocycles. The second-order valence-corrected chi connectivity index (χ2v) is 18.9. The van der Waals surface area contributed by atoms with E-state index in [1.807, 2.05) is 24.3 Å². The van der Waals surface area contributed by atoms with Gasteiger partial charge in [0.1, 0.15) is 0 Å². The first-order valence-corrected chi connectivity index (χ1v) is 20.4. The second kappa shape index (κ2) is 15.1. The van der Waals surface area contributed by atoms with Gasteiger partial charge in [-0.25, -0.2) is 0 Å². The minimum absolute atomic E-state index is 0.0993. The standard InChI is InChI=1S/C47H43O3P/c48-44-27-21-41(22-28-44)47(42-23-29-45(49)30-24-42)43-25-31-46(32-26-43)50-51(33-37-13-5-1-6-14-37,34-38-15-7-2-8-16-38,35-39-17-9-3-10-18-39)36-40-19-11-4-12-20-40/h1-32,47-49H,33-36H2. The Bertz CT molecular complexity index is 1890. The molecule has 0 fully saturated rings. The summed E-state index contributed by atoms with van der Waals surface area (Å²) in [6, 6.07) is 66.7. The summed E-state index contributed by atoms with van der Waals surface area (Å²) in [5, 5.41) is 20.1. The zero-order valence-corrected chi connectivity index (χ0v) is 29.5. The normalized spacial score (nSPS) is 12.2. The molecule has 7 aromatic rings. The first-order chi connectivity index (χ1) is 24.9. The van der Waals surface area contributed by atoms with Crippen molar-refractivity contribution in [3.05, 3.63) is 233 Å². The molecule has 7 aromatic carbocycles. The summed E-state index contributed by atoms with van der Waals surface area (Å²) in [6.45, 7) is -3.32. The first kappa shape index (κ1) is 33.8. The Morgan fingerprint density at radius 3 is 0.922 bits per heavy atom. The van der Waals surface area contributed by atoms with Gasteiger partial charge in [0.15, 0.2) is 0 Å². The summed E-state index contributed by atoms with van der Waals surface area (Å²) in [4.78, 5) is 0. The van der Waals surface area contributed by atoms with Gasteiger partial charge in [0.05, 0.1) is 0 Å². The van der Waals surface area contributed by atoms with Crippen LogP contribution in [0, 0.1) is 0 Å². The van der Waals surface area contributed by atoms with Crippen molar-refractivity contribution in [1.82, 2.24) is 0 Å². The van der Waals surface area contributed by atoms with Crippen molar-refractivity contribution in [1.29, 1.82) is 0 Å². The van der Waals surface area contributed by atoms with Crippen molar-refractivity contribution in [3.63, 3.8) is 0 Å². The van der Waals surface area contributed by atoms with E-state index in [4.69, 9.17) is 4.52 Å². The van der Waals surface area contributed by atoms with Crippen LogP contribution in [0.25, 0.3) is 0 Å². The average Bonchev–Trinajstić information content (AvgIpc) is 3.15. The Morgan fingerprint density at radius 2 is 0.627 bits per heavy atom. The third-order valence-corrected chi connectivity index (χ3v) is 15.1. The van der Waals surface area contributed by atoms with Crippen LogP contribution in [0.1, 0.15) is 44.9 Å². The Hall–Kier alpha value is -5.63. The molecule has 0 unspecified atom stereocenters. The minimum atomic E-state index is -3.32. The van der Waals surface area contributed by atoms with E-state index in [0.717, 1.165) is 47.1 Å². The van der Waals surface area contributed by atoms with Gasteiger partial charge in [-0.1, -0.05) is 0 Å². The number of rotatable bonds is 13. The van der Waals surface area contributed by atoms with E-state index in [0.29, 0.717) is 0 Å². The van der Waals surface area contributed by atoms with Gasteiger partial charge in [0, 0.05) is 0 Å². The van der Waals surface area contributed by atoms with Crippen LogP contribution in [0.5, 0.6) is 17.2 Å². The zero-order valence-electron chi connectivity index (χ0n) is 28.6. The van der Waals surface area contributed by atoms with Gasteiger partial charge < -0.3 is 0 Å². The molecular weight excluding hydrogens is 643 g/mol. The number of hydrogen-bond donors (Lipinski definition) is 2. The summed E-state index contributed by atoms with van der Waals surface area (Å²) in [5.41, 5.74) is 8.28. The second-order valence-electron chi connectivity index (χ2n) is 13.7. The predicted molar refractivity (Wildman–Crippen MR) is 212 cm³/mol. The van der Waals surface area contributed by atoms with Crippen LogP contribution in [-0.2, 0) is 24.6 Å². The molecule has 3 nitrogen and oxygen atoms in total. The molecule has 0 bridgehead atoms. The van der Waals surface area contributed by atoms with Crippen LogP contribution in [0.4, 0.5) is 0 Å². The van der Waals surface area contributed by atoms with Gasteiger partial charge in [0.25, 0.3) is 0 Å². The van der Waals surface area contributed by atoms with Gasteiger partial charge in [-0.05, 0) is 0 Å². The molecule has 7 rings (SSSR count). The van der Waals surface area contributed by atoms with Crippen molar-refractivity contribution < 1.29 is 14.7 Å². The summed E-state index contributed by atoms with van der Waals surface area (Å²) >= 11 is 0. The van der Waals surface area contributed by atoms with Crippen molar-refractivity contribution in [3.8, 4) is 17.2 Å². The van der Waals surface area contributed by atoms with E-state index >= 15 is 0 Å². The van der Waals surface area contributed by atoms with Crippen LogP contribution in [0.15, 0.2) is 194 Å². The average molecular weight is 687 g/mol. The third kappa shape index (κ3) is 8.23. The predicted octanol–water partition coefficient (Wildman–Crippen LogP) is 11.9. The van der Waals surface area contributed by atoms with Crippen molar-refractivity contribution >= 4 is 6.83 Å². The fraction of sp³-hybridized carbons (Fsp3) is 0.106. The molecule has 4 heteroatoms. The number of hydrogen-bond acceptors (Lipinski definition) is 3. The monoisotopic (exact) mass is 686 g/mol. The molecule has 0 aliphatic heterocycles. The molecule has 0 spiro atoms. The van der Waals surface area contributed by atoms with Gasteiger partial charge in [-0.3, -0.25) is 0 Å². The van der Waals surface area contributed by atoms with Crippen molar-refractivity contribution in [2.45, 2.75) is 30.6 Å². The van der Waals surface area contributed by atoms with Crippen molar-refractivity contribution in [2.24, 2.45) is 0 Å². The summed E-state index contributed by atoms with van der Waals surface area (Å²) in [5.74, 6) is 1.21.